The molecule has 0 bridgehead atoms. The summed E-state index contributed by atoms with van der Waals surface area (Å²) >= 11 is 3.12. The number of halogens is 1. The van der Waals surface area contributed by atoms with E-state index >= 15 is 0 Å². The highest BCUT2D eigenvalue weighted by Gasteiger charge is 2.22. The van der Waals surface area contributed by atoms with Crippen molar-refractivity contribution in [3.05, 3.63) is 22.6 Å². The Hall–Kier alpha value is -1.30. The van der Waals surface area contributed by atoms with Gasteiger partial charge >= 0.3 is 0 Å². The molecule has 1 aromatic heterocycles. The van der Waals surface area contributed by atoms with Gasteiger partial charge in [-0.2, -0.15) is 0 Å². The van der Waals surface area contributed by atoms with Gasteiger partial charge in [0.05, 0.1) is 11.8 Å². The van der Waals surface area contributed by atoms with Gasteiger partial charge in [-0.15, -0.1) is 0 Å². The second-order valence-corrected chi connectivity index (χ2v) is 4.68. The molecule has 0 unspecified atom stereocenters. The van der Waals surface area contributed by atoms with Crippen molar-refractivity contribution in [1.29, 1.82) is 0 Å². The molecule has 5 nitrogen and oxygen atoms in total. The Morgan fingerprint density at radius 1 is 1.47 bits per heavy atom. The van der Waals surface area contributed by atoms with Gasteiger partial charge in [0.25, 0.3) is 5.91 Å². The highest BCUT2D eigenvalue weighted by molar-refractivity contribution is 9.10. The number of carbonyl (C=O) groups excluding carboxylic acids is 2. The molecule has 1 aliphatic rings. The fourth-order valence-corrected chi connectivity index (χ4v) is 1.79. The van der Waals surface area contributed by atoms with E-state index in [0.717, 1.165) is 12.8 Å². The van der Waals surface area contributed by atoms with E-state index in [1.165, 1.54) is 6.26 Å². The van der Waals surface area contributed by atoms with Crippen LogP contribution in [0.3, 0.4) is 0 Å². The first-order valence-electron chi connectivity index (χ1n) is 5.47. The first-order valence-corrected chi connectivity index (χ1v) is 6.26. The Morgan fingerprint density at radius 3 is 2.82 bits per heavy atom. The fourth-order valence-electron chi connectivity index (χ4n) is 1.37. The number of furan rings is 1. The molecule has 0 aromatic carbocycles. The maximum absolute atomic E-state index is 11.6. The van der Waals surface area contributed by atoms with Gasteiger partial charge in [-0.05, 0) is 34.8 Å². The highest BCUT2D eigenvalue weighted by atomic mass is 79.9. The monoisotopic (exact) mass is 300 g/mol. The van der Waals surface area contributed by atoms with Crippen molar-refractivity contribution in [3.8, 4) is 0 Å². The van der Waals surface area contributed by atoms with Crippen LogP contribution in [-0.2, 0) is 4.79 Å². The lowest BCUT2D eigenvalue weighted by Crippen LogP contribution is -2.31. The molecule has 1 aliphatic carbocycles. The van der Waals surface area contributed by atoms with Crippen molar-refractivity contribution < 1.29 is 14.0 Å². The Bertz CT molecular complexity index is 426. The molecule has 2 N–H and O–H groups in total. The van der Waals surface area contributed by atoms with E-state index in [1.54, 1.807) is 6.07 Å². The number of nitrogens with one attached hydrogen (secondary N) is 2. The summed E-state index contributed by atoms with van der Waals surface area (Å²) in [4.78, 5) is 22.9. The van der Waals surface area contributed by atoms with Crippen LogP contribution in [0.4, 0.5) is 0 Å². The van der Waals surface area contributed by atoms with Crippen LogP contribution in [0.25, 0.3) is 0 Å². The Morgan fingerprint density at radius 2 is 2.24 bits per heavy atom. The van der Waals surface area contributed by atoms with E-state index in [2.05, 4.69) is 26.6 Å². The zero-order valence-corrected chi connectivity index (χ0v) is 10.7. The van der Waals surface area contributed by atoms with Crippen LogP contribution in [0.15, 0.2) is 21.4 Å². The molecule has 1 saturated carbocycles. The van der Waals surface area contributed by atoms with Gasteiger partial charge in [-0.3, -0.25) is 9.59 Å². The minimum Gasteiger partial charge on any atom is -0.457 e. The van der Waals surface area contributed by atoms with E-state index in [4.69, 9.17) is 4.42 Å². The third-order valence-corrected chi connectivity index (χ3v) is 3.06. The van der Waals surface area contributed by atoms with Crippen molar-refractivity contribution >= 4 is 27.7 Å². The predicted molar refractivity (Wildman–Crippen MR) is 64.5 cm³/mol. The summed E-state index contributed by atoms with van der Waals surface area (Å²) in [5.41, 5.74) is 0.438. The van der Waals surface area contributed by atoms with Crippen LogP contribution in [0, 0.1) is 0 Å². The van der Waals surface area contributed by atoms with Crippen LogP contribution in [0.1, 0.15) is 29.6 Å². The Kier molecular flexibility index (Phi) is 3.83. The quantitative estimate of drug-likeness (QED) is 0.864. The van der Waals surface area contributed by atoms with Gasteiger partial charge in [-0.25, -0.2) is 0 Å². The van der Waals surface area contributed by atoms with Crippen LogP contribution in [0.2, 0.25) is 0 Å². The van der Waals surface area contributed by atoms with Gasteiger partial charge < -0.3 is 15.1 Å². The van der Waals surface area contributed by atoms with Crippen molar-refractivity contribution in [1.82, 2.24) is 10.6 Å². The van der Waals surface area contributed by atoms with Gasteiger partial charge in [0.15, 0.2) is 4.67 Å². The molecule has 1 aromatic rings. The van der Waals surface area contributed by atoms with Crippen molar-refractivity contribution in [3.63, 3.8) is 0 Å². The molecule has 92 valence electrons. The van der Waals surface area contributed by atoms with E-state index in [-0.39, 0.29) is 11.8 Å². The minimum atomic E-state index is -0.246. The second-order valence-electron chi connectivity index (χ2n) is 3.96. The molecule has 6 heteroatoms. The van der Waals surface area contributed by atoms with Crippen LogP contribution >= 0.6 is 15.9 Å². The number of hydrogen-bond donors (Lipinski definition) is 2. The molecule has 0 atom stereocenters. The lowest BCUT2D eigenvalue weighted by Gasteiger charge is -2.04. The van der Waals surface area contributed by atoms with Crippen LogP contribution in [-0.4, -0.2) is 24.4 Å². The van der Waals surface area contributed by atoms with Crippen molar-refractivity contribution in [2.75, 3.05) is 6.54 Å². The average Bonchev–Trinajstić information content (AvgIpc) is 2.98. The first kappa shape index (κ1) is 12.2. The third-order valence-electron chi connectivity index (χ3n) is 2.44. The van der Waals surface area contributed by atoms with Gasteiger partial charge in [0.2, 0.25) is 5.91 Å². The molecule has 1 heterocycles. The fraction of sp³-hybridized carbons (Fsp3) is 0.455. The van der Waals surface area contributed by atoms with Gasteiger partial charge in [0.1, 0.15) is 0 Å². The molecule has 17 heavy (non-hydrogen) atoms. The van der Waals surface area contributed by atoms with E-state index in [0.29, 0.717) is 29.2 Å². The van der Waals surface area contributed by atoms with Gasteiger partial charge in [-0.1, -0.05) is 0 Å². The maximum atomic E-state index is 11.6. The lowest BCUT2D eigenvalue weighted by atomic mass is 10.3. The third kappa shape index (κ3) is 3.59. The molecule has 2 amide bonds. The topological polar surface area (TPSA) is 71.3 Å². The van der Waals surface area contributed by atoms with Crippen LogP contribution < -0.4 is 10.6 Å². The number of carbonyl (C=O) groups is 2. The molecule has 0 saturated heterocycles. The molecule has 0 spiro atoms. The smallest absolute Gasteiger partial charge is 0.255 e. The molecule has 0 radical (unpaired) electrons. The summed E-state index contributed by atoms with van der Waals surface area (Å²) in [6, 6.07) is 1.94. The summed E-state index contributed by atoms with van der Waals surface area (Å²) in [6.45, 7) is 0.328. The molecule has 0 aliphatic heterocycles. The number of hydrogen-bond acceptors (Lipinski definition) is 3. The summed E-state index contributed by atoms with van der Waals surface area (Å²) in [7, 11) is 0. The summed E-state index contributed by atoms with van der Waals surface area (Å²) in [5, 5.41) is 5.52. The van der Waals surface area contributed by atoms with E-state index in [1.807, 2.05) is 0 Å². The molecule has 2 rings (SSSR count). The standard InChI is InChI=1S/C11H13BrN2O3/c12-10-8(4-6-17-10)11(16)13-5-3-9(15)14-7-1-2-7/h4,6-7H,1-3,5H2,(H,13,16)(H,14,15). The highest BCUT2D eigenvalue weighted by Crippen LogP contribution is 2.18. The average molecular weight is 301 g/mol. The Balaban J connectivity index is 1.69. The van der Waals surface area contributed by atoms with Crippen LogP contribution in [0.5, 0.6) is 0 Å². The summed E-state index contributed by atoms with van der Waals surface area (Å²) < 4.78 is 5.35. The molecular weight excluding hydrogens is 288 g/mol. The molecule has 1 fully saturated rings. The largest absolute Gasteiger partial charge is 0.457 e. The zero-order valence-electron chi connectivity index (χ0n) is 9.16. The Labute approximate surface area is 107 Å². The zero-order chi connectivity index (χ0) is 12.3. The predicted octanol–water partition coefficient (Wildman–Crippen LogP) is 1.44. The summed E-state index contributed by atoms with van der Waals surface area (Å²) in [5.74, 6) is -0.260. The van der Waals surface area contributed by atoms with E-state index < -0.39 is 0 Å². The lowest BCUT2D eigenvalue weighted by molar-refractivity contribution is -0.121. The van der Waals surface area contributed by atoms with Crippen molar-refractivity contribution in [2.24, 2.45) is 0 Å². The minimum absolute atomic E-state index is 0.0148. The second kappa shape index (κ2) is 5.35. The number of amides is 2. The van der Waals surface area contributed by atoms with Crippen molar-refractivity contribution in [2.45, 2.75) is 25.3 Å². The SMILES string of the molecule is O=C(CCNC(=O)c1ccoc1Br)NC1CC1. The summed E-state index contributed by atoms with van der Waals surface area (Å²) in [6.07, 6.45) is 3.87. The normalized spacial score (nSPS) is 14.4. The van der Waals surface area contributed by atoms with Gasteiger partial charge in [0, 0.05) is 19.0 Å². The molecular formula is C11H13BrN2O3. The first-order chi connectivity index (χ1) is 8.16. The number of rotatable bonds is 5. The van der Waals surface area contributed by atoms with E-state index in [9.17, 15) is 9.59 Å². The maximum Gasteiger partial charge on any atom is 0.255 e.